The number of hydrogen-bond donors (Lipinski definition) is 2. The molecule has 1 aliphatic heterocycles. The Kier molecular flexibility index (Phi) is 5.65. The predicted molar refractivity (Wildman–Crippen MR) is 129 cm³/mol. The zero-order valence-electron chi connectivity index (χ0n) is 19.2. The van der Waals surface area contributed by atoms with Crippen LogP contribution in [0.4, 0.5) is 11.6 Å². The van der Waals surface area contributed by atoms with E-state index >= 15 is 0 Å². The molecule has 0 bridgehead atoms. The van der Waals surface area contributed by atoms with E-state index in [0.717, 1.165) is 30.9 Å². The van der Waals surface area contributed by atoms with Crippen LogP contribution in [0.1, 0.15) is 23.7 Å². The summed E-state index contributed by atoms with van der Waals surface area (Å²) in [5.74, 6) is 1.10. The second-order valence-electron chi connectivity index (χ2n) is 8.52. The number of hydrogen-bond acceptors (Lipinski definition) is 7. The summed E-state index contributed by atoms with van der Waals surface area (Å²) < 4.78 is 3.44. The summed E-state index contributed by atoms with van der Waals surface area (Å²) in [5, 5.41) is 7.18. The van der Waals surface area contributed by atoms with Gasteiger partial charge in [-0.3, -0.25) is 4.79 Å². The molecule has 1 aromatic carbocycles. The van der Waals surface area contributed by atoms with Gasteiger partial charge >= 0.3 is 0 Å². The average Bonchev–Trinajstić information content (AvgIpc) is 3.09. The van der Waals surface area contributed by atoms with Crippen LogP contribution in [0.5, 0.6) is 0 Å². The van der Waals surface area contributed by atoms with Gasteiger partial charge in [0.1, 0.15) is 5.39 Å². The molecule has 170 valence electrons. The SMILES string of the molecule is CCn1c(=O)c2cnc(Nc3ccc4c(c3)CNCC4)nc2n1-c1cccc(CN(C)C)n1. The molecule has 0 unspecified atom stereocenters. The maximum Gasteiger partial charge on any atom is 0.278 e. The molecule has 4 aromatic rings. The summed E-state index contributed by atoms with van der Waals surface area (Å²) in [5.41, 5.74) is 4.90. The van der Waals surface area contributed by atoms with Crippen molar-refractivity contribution >= 4 is 22.7 Å². The largest absolute Gasteiger partial charge is 0.324 e. The molecule has 3 aromatic heterocycles. The number of nitrogens with zero attached hydrogens (tertiary/aromatic N) is 6. The second-order valence-corrected chi connectivity index (χ2v) is 8.52. The van der Waals surface area contributed by atoms with E-state index in [2.05, 4.69) is 32.7 Å². The zero-order chi connectivity index (χ0) is 22.9. The van der Waals surface area contributed by atoms with Gasteiger partial charge < -0.3 is 15.5 Å². The number of pyridine rings is 1. The fourth-order valence-corrected chi connectivity index (χ4v) is 4.29. The summed E-state index contributed by atoms with van der Waals surface area (Å²) >= 11 is 0. The van der Waals surface area contributed by atoms with Crippen molar-refractivity contribution in [3.63, 3.8) is 0 Å². The van der Waals surface area contributed by atoms with Crippen LogP contribution >= 0.6 is 0 Å². The monoisotopic (exact) mass is 444 g/mol. The zero-order valence-corrected chi connectivity index (χ0v) is 19.2. The van der Waals surface area contributed by atoms with E-state index in [1.165, 1.54) is 11.1 Å². The third-order valence-electron chi connectivity index (χ3n) is 5.81. The fourth-order valence-electron chi connectivity index (χ4n) is 4.29. The van der Waals surface area contributed by atoms with E-state index in [1.807, 2.05) is 45.3 Å². The number of benzene rings is 1. The van der Waals surface area contributed by atoms with Crippen molar-refractivity contribution in [2.75, 3.05) is 26.0 Å². The first-order valence-electron chi connectivity index (χ1n) is 11.2. The molecule has 4 heterocycles. The van der Waals surface area contributed by atoms with Gasteiger partial charge in [-0.05, 0) is 69.4 Å². The van der Waals surface area contributed by atoms with Gasteiger partial charge in [-0.2, -0.15) is 4.98 Å². The molecule has 5 rings (SSSR count). The first kappa shape index (κ1) is 21.3. The van der Waals surface area contributed by atoms with Crippen LogP contribution in [0.3, 0.4) is 0 Å². The van der Waals surface area contributed by atoms with Gasteiger partial charge in [-0.15, -0.1) is 0 Å². The van der Waals surface area contributed by atoms with E-state index in [0.29, 0.717) is 35.9 Å². The number of anilines is 2. The lowest BCUT2D eigenvalue weighted by Gasteiger charge is -2.18. The smallest absolute Gasteiger partial charge is 0.278 e. The highest BCUT2D eigenvalue weighted by molar-refractivity contribution is 5.77. The number of rotatable bonds is 6. The molecule has 33 heavy (non-hydrogen) atoms. The first-order valence-corrected chi connectivity index (χ1v) is 11.2. The Morgan fingerprint density at radius 3 is 2.85 bits per heavy atom. The Labute approximate surface area is 192 Å². The molecule has 2 N–H and O–H groups in total. The third-order valence-corrected chi connectivity index (χ3v) is 5.81. The van der Waals surface area contributed by atoms with Crippen LogP contribution in [0.25, 0.3) is 16.9 Å². The fraction of sp³-hybridized carbons (Fsp3) is 0.333. The number of fused-ring (bicyclic) bond motifs is 2. The molecule has 1 aliphatic rings. The van der Waals surface area contributed by atoms with Gasteiger partial charge in [0.25, 0.3) is 5.56 Å². The van der Waals surface area contributed by atoms with Crippen LogP contribution in [0.2, 0.25) is 0 Å². The topological polar surface area (TPSA) is 92.9 Å². The van der Waals surface area contributed by atoms with E-state index < -0.39 is 0 Å². The molecule has 0 aliphatic carbocycles. The quantitative estimate of drug-likeness (QED) is 0.472. The van der Waals surface area contributed by atoms with E-state index in [9.17, 15) is 4.79 Å². The summed E-state index contributed by atoms with van der Waals surface area (Å²) in [7, 11) is 4.01. The van der Waals surface area contributed by atoms with Crippen LogP contribution in [-0.2, 0) is 26.1 Å². The Hall–Kier alpha value is -3.56. The first-order chi connectivity index (χ1) is 16.0. The normalized spacial score (nSPS) is 13.5. The molecular formula is C24H28N8O. The Bertz CT molecular complexity index is 1370. The molecule has 9 nitrogen and oxygen atoms in total. The highest BCUT2D eigenvalue weighted by Gasteiger charge is 2.18. The van der Waals surface area contributed by atoms with E-state index in [4.69, 9.17) is 9.97 Å². The van der Waals surface area contributed by atoms with Crippen molar-refractivity contribution < 1.29 is 0 Å². The lowest BCUT2D eigenvalue weighted by atomic mass is 10.0. The Morgan fingerprint density at radius 1 is 1.15 bits per heavy atom. The summed E-state index contributed by atoms with van der Waals surface area (Å²) in [4.78, 5) is 29.1. The van der Waals surface area contributed by atoms with Crippen molar-refractivity contribution in [3.05, 3.63) is 69.8 Å². The molecule has 0 spiro atoms. The summed E-state index contributed by atoms with van der Waals surface area (Å²) in [6.07, 6.45) is 2.63. The highest BCUT2D eigenvalue weighted by atomic mass is 16.1. The molecule has 0 saturated carbocycles. The van der Waals surface area contributed by atoms with Crippen molar-refractivity contribution in [2.45, 2.75) is 33.0 Å². The molecule has 0 radical (unpaired) electrons. The minimum absolute atomic E-state index is 0.126. The van der Waals surface area contributed by atoms with E-state index in [1.54, 1.807) is 15.6 Å². The van der Waals surface area contributed by atoms with Crippen molar-refractivity contribution in [3.8, 4) is 5.82 Å². The van der Waals surface area contributed by atoms with Crippen molar-refractivity contribution in [1.29, 1.82) is 0 Å². The van der Waals surface area contributed by atoms with Crippen molar-refractivity contribution in [1.82, 2.24) is 34.5 Å². The minimum atomic E-state index is -0.126. The number of aromatic nitrogens is 5. The van der Waals surface area contributed by atoms with Gasteiger partial charge in [-0.25, -0.2) is 19.3 Å². The summed E-state index contributed by atoms with van der Waals surface area (Å²) in [6, 6.07) is 12.2. The maximum absolute atomic E-state index is 13.0. The van der Waals surface area contributed by atoms with Crippen LogP contribution in [0, 0.1) is 0 Å². The highest BCUT2D eigenvalue weighted by Crippen LogP contribution is 2.22. The molecule has 9 heteroatoms. The summed E-state index contributed by atoms with van der Waals surface area (Å²) in [6.45, 7) is 5.01. The lowest BCUT2D eigenvalue weighted by Crippen LogP contribution is -2.23. The standard InChI is InChI=1S/C24H28N8O/c1-4-31-23(33)20-14-26-24(28-18-9-8-16-10-11-25-13-17(16)12-18)29-22(20)32(31)21-7-5-6-19(27-21)15-30(2)3/h5-9,12,14,25H,4,10-11,13,15H2,1-3H3,(H,26,28,29). The van der Waals surface area contributed by atoms with Gasteiger partial charge in [0, 0.05) is 31.5 Å². The van der Waals surface area contributed by atoms with Gasteiger partial charge in [0.05, 0.1) is 5.69 Å². The molecule has 0 fully saturated rings. The predicted octanol–water partition coefficient (Wildman–Crippen LogP) is 2.45. The third kappa shape index (κ3) is 4.12. The van der Waals surface area contributed by atoms with E-state index in [-0.39, 0.29) is 5.56 Å². The second kappa shape index (κ2) is 8.76. The molecule has 0 atom stereocenters. The van der Waals surface area contributed by atoms with Gasteiger partial charge in [0.15, 0.2) is 11.5 Å². The van der Waals surface area contributed by atoms with Crippen molar-refractivity contribution in [2.24, 2.45) is 0 Å². The number of nitrogens with one attached hydrogen (secondary N) is 2. The molecular weight excluding hydrogens is 416 g/mol. The van der Waals surface area contributed by atoms with Crippen LogP contribution in [0.15, 0.2) is 47.4 Å². The Balaban J connectivity index is 1.57. The van der Waals surface area contributed by atoms with Gasteiger partial charge in [-0.1, -0.05) is 12.1 Å². The average molecular weight is 445 g/mol. The van der Waals surface area contributed by atoms with Crippen LogP contribution in [-0.4, -0.2) is 49.9 Å². The van der Waals surface area contributed by atoms with Crippen LogP contribution < -0.4 is 16.2 Å². The minimum Gasteiger partial charge on any atom is -0.324 e. The maximum atomic E-state index is 13.0. The Morgan fingerprint density at radius 2 is 2.03 bits per heavy atom. The molecule has 0 amide bonds. The van der Waals surface area contributed by atoms with Gasteiger partial charge in [0.2, 0.25) is 5.95 Å². The lowest BCUT2D eigenvalue weighted by molar-refractivity contribution is 0.396. The molecule has 0 saturated heterocycles.